The van der Waals surface area contributed by atoms with Crippen LogP contribution in [0.25, 0.3) is 0 Å². The van der Waals surface area contributed by atoms with Crippen LogP contribution in [0.5, 0.6) is 0 Å². The van der Waals surface area contributed by atoms with Gasteiger partial charge in [-0.15, -0.1) is 0 Å². The molecule has 0 spiro atoms. The third-order valence-corrected chi connectivity index (χ3v) is 6.26. The van der Waals surface area contributed by atoms with E-state index in [0.29, 0.717) is 13.1 Å². The van der Waals surface area contributed by atoms with Crippen LogP contribution < -0.4 is 11.1 Å². The SMILES string of the molecule is CC(C)(C)C(=O)N1CCCC(C(=O)Nc2ccc(CN3CCCC(C(N)=O)C3)cc2)C1. The van der Waals surface area contributed by atoms with E-state index in [2.05, 4.69) is 10.2 Å². The number of anilines is 1. The molecule has 31 heavy (non-hydrogen) atoms. The van der Waals surface area contributed by atoms with Crippen molar-refractivity contribution in [2.45, 2.75) is 53.0 Å². The molecule has 0 aromatic heterocycles. The van der Waals surface area contributed by atoms with Gasteiger partial charge >= 0.3 is 0 Å². The van der Waals surface area contributed by atoms with Crippen LogP contribution in [-0.4, -0.2) is 53.7 Å². The first-order valence-corrected chi connectivity index (χ1v) is 11.3. The molecule has 0 aliphatic carbocycles. The number of hydrogen-bond donors (Lipinski definition) is 2. The molecule has 1 aromatic rings. The Balaban J connectivity index is 1.53. The normalized spacial score (nSPS) is 22.7. The Morgan fingerprint density at radius 3 is 2.29 bits per heavy atom. The second-order valence-electron chi connectivity index (χ2n) is 10.0. The minimum absolute atomic E-state index is 0.0283. The van der Waals surface area contributed by atoms with E-state index in [1.54, 1.807) is 0 Å². The van der Waals surface area contributed by atoms with Crippen molar-refractivity contribution in [1.82, 2.24) is 9.80 Å². The van der Waals surface area contributed by atoms with E-state index in [4.69, 9.17) is 5.73 Å². The quantitative estimate of drug-likeness (QED) is 0.754. The van der Waals surface area contributed by atoms with Crippen molar-refractivity contribution in [2.75, 3.05) is 31.5 Å². The largest absolute Gasteiger partial charge is 0.369 e. The van der Waals surface area contributed by atoms with Gasteiger partial charge in [0.25, 0.3) is 0 Å². The number of carbonyl (C=O) groups is 3. The summed E-state index contributed by atoms with van der Waals surface area (Å²) in [6.45, 7) is 9.39. The standard InChI is InChI=1S/C24H36N4O3/c1-24(2,3)23(31)28-13-5-7-19(16-28)22(30)26-20-10-8-17(9-11-20)14-27-12-4-6-18(15-27)21(25)29/h8-11,18-19H,4-7,12-16H2,1-3H3,(H2,25,29)(H,26,30). The number of rotatable bonds is 5. The minimum Gasteiger partial charge on any atom is -0.369 e. The lowest BCUT2D eigenvalue weighted by atomic mass is 9.91. The van der Waals surface area contributed by atoms with E-state index in [-0.39, 0.29) is 29.6 Å². The Bertz CT molecular complexity index is 800. The van der Waals surface area contributed by atoms with Gasteiger partial charge in [-0.2, -0.15) is 0 Å². The van der Waals surface area contributed by atoms with E-state index in [9.17, 15) is 14.4 Å². The average molecular weight is 429 g/mol. The molecule has 0 saturated carbocycles. The smallest absolute Gasteiger partial charge is 0.229 e. The molecule has 3 amide bonds. The Kier molecular flexibility index (Phi) is 7.36. The molecule has 0 radical (unpaired) electrons. The monoisotopic (exact) mass is 428 g/mol. The van der Waals surface area contributed by atoms with Gasteiger partial charge in [0.05, 0.1) is 11.8 Å². The molecule has 170 valence electrons. The zero-order chi connectivity index (χ0) is 22.6. The number of nitrogens with one attached hydrogen (secondary N) is 1. The van der Waals surface area contributed by atoms with Crippen molar-refractivity contribution < 1.29 is 14.4 Å². The zero-order valence-electron chi connectivity index (χ0n) is 19.0. The molecule has 2 aliphatic heterocycles. The highest BCUT2D eigenvalue weighted by Gasteiger charge is 2.33. The third-order valence-electron chi connectivity index (χ3n) is 6.26. The van der Waals surface area contributed by atoms with Gasteiger partial charge in [-0.05, 0) is 49.9 Å². The summed E-state index contributed by atoms with van der Waals surface area (Å²) in [5.41, 5.74) is 6.95. The average Bonchev–Trinajstić information content (AvgIpc) is 2.74. The molecular weight excluding hydrogens is 392 g/mol. The van der Waals surface area contributed by atoms with Crippen LogP contribution in [0, 0.1) is 17.3 Å². The highest BCUT2D eigenvalue weighted by molar-refractivity contribution is 5.93. The second-order valence-corrected chi connectivity index (χ2v) is 10.0. The maximum absolute atomic E-state index is 12.8. The molecule has 2 heterocycles. The van der Waals surface area contributed by atoms with Crippen LogP contribution in [0.2, 0.25) is 0 Å². The molecule has 3 N–H and O–H groups in total. The molecule has 1 aromatic carbocycles. The summed E-state index contributed by atoms with van der Waals surface area (Å²) < 4.78 is 0. The first-order chi connectivity index (χ1) is 14.6. The Labute approximate surface area is 185 Å². The summed E-state index contributed by atoms with van der Waals surface area (Å²) in [6.07, 6.45) is 3.50. The highest BCUT2D eigenvalue weighted by Crippen LogP contribution is 2.25. The third kappa shape index (κ3) is 6.29. The molecule has 0 bridgehead atoms. The van der Waals surface area contributed by atoms with Crippen LogP contribution in [-0.2, 0) is 20.9 Å². The number of amides is 3. The Hall–Kier alpha value is -2.41. The number of piperidine rings is 2. The summed E-state index contributed by atoms with van der Waals surface area (Å²) in [5, 5.41) is 3.01. The maximum Gasteiger partial charge on any atom is 0.229 e. The van der Waals surface area contributed by atoms with Crippen molar-refractivity contribution in [3.63, 3.8) is 0 Å². The van der Waals surface area contributed by atoms with E-state index < -0.39 is 5.41 Å². The van der Waals surface area contributed by atoms with Crippen molar-refractivity contribution in [1.29, 1.82) is 0 Å². The van der Waals surface area contributed by atoms with E-state index >= 15 is 0 Å². The lowest BCUT2D eigenvalue weighted by molar-refractivity contribution is -0.142. The van der Waals surface area contributed by atoms with Gasteiger partial charge in [-0.25, -0.2) is 0 Å². The van der Waals surface area contributed by atoms with Crippen LogP contribution in [0.15, 0.2) is 24.3 Å². The maximum atomic E-state index is 12.8. The number of nitrogens with zero attached hydrogens (tertiary/aromatic N) is 2. The number of nitrogens with two attached hydrogens (primary N) is 1. The van der Waals surface area contributed by atoms with Crippen molar-refractivity contribution in [2.24, 2.45) is 23.0 Å². The van der Waals surface area contributed by atoms with Gasteiger partial charge in [0, 0.05) is 37.3 Å². The summed E-state index contributed by atoms with van der Waals surface area (Å²) in [5.74, 6) is -0.385. The van der Waals surface area contributed by atoms with E-state index in [1.807, 2.05) is 49.9 Å². The van der Waals surface area contributed by atoms with Gasteiger partial charge in [0.2, 0.25) is 17.7 Å². The fraction of sp³-hybridized carbons (Fsp3) is 0.625. The number of likely N-dealkylation sites (tertiary alicyclic amines) is 2. The van der Waals surface area contributed by atoms with Crippen LogP contribution in [0.3, 0.4) is 0 Å². The fourth-order valence-corrected chi connectivity index (χ4v) is 4.48. The lowest BCUT2D eigenvalue weighted by Gasteiger charge is -2.35. The number of hydrogen-bond acceptors (Lipinski definition) is 4. The number of benzene rings is 1. The summed E-state index contributed by atoms with van der Waals surface area (Å²) in [6, 6.07) is 7.87. The molecular formula is C24H36N4O3. The molecule has 3 rings (SSSR count). The Morgan fingerprint density at radius 2 is 1.65 bits per heavy atom. The van der Waals surface area contributed by atoms with Gasteiger partial charge in [0.15, 0.2) is 0 Å². The van der Waals surface area contributed by atoms with Gasteiger partial charge in [0.1, 0.15) is 0 Å². The summed E-state index contributed by atoms with van der Waals surface area (Å²) in [7, 11) is 0. The van der Waals surface area contributed by atoms with Crippen LogP contribution >= 0.6 is 0 Å². The van der Waals surface area contributed by atoms with Crippen molar-refractivity contribution >= 4 is 23.4 Å². The molecule has 2 aliphatic rings. The first kappa shape index (κ1) is 23.3. The molecule has 2 unspecified atom stereocenters. The number of carbonyl (C=O) groups excluding carboxylic acids is 3. The van der Waals surface area contributed by atoms with Crippen LogP contribution in [0.1, 0.15) is 52.0 Å². The highest BCUT2D eigenvalue weighted by atomic mass is 16.2. The molecule has 2 saturated heterocycles. The van der Waals surface area contributed by atoms with Crippen molar-refractivity contribution in [3.8, 4) is 0 Å². The van der Waals surface area contributed by atoms with Gasteiger partial charge in [-0.3, -0.25) is 19.3 Å². The summed E-state index contributed by atoms with van der Waals surface area (Å²) >= 11 is 0. The molecule has 2 fully saturated rings. The minimum atomic E-state index is -0.431. The van der Waals surface area contributed by atoms with Gasteiger partial charge in [-0.1, -0.05) is 32.9 Å². The number of primary amides is 1. The predicted molar refractivity (Wildman–Crippen MR) is 121 cm³/mol. The Morgan fingerprint density at radius 1 is 1.00 bits per heavy atom. The topological polar surface area (TPSA) is 95.7 Å². The lowest BCUT2D eigenvalue weighted by Crippen LogP contribution is -2.47. The van der Waals surface area contributed by atoms with E-state index in [1.165, 1.54) is 0 Å². The molecule has 2 atom stereocenters. The zero-order valence-corrected chi connectivity index (χ0v) is 19.0. The van der Waals surface area contributed by atoms with Crippen LogP contribution in [0.4, 0.5) is 5.69 Å². The predicted octanol–water partition coefficient (Wildman–Crippen LogP) is 2.61. The van der Waals surface area contributed by atoms with E-state index in [0.717, 1.165) is 56.6 Å². The summed E-state index contributed by atoms with van der Waals surface area (Å²) in [4.78, 5) is 40.9. The van der Waals surface area contributed by atoms with Gasteiger partial charge < -0.3 is 16.0 Å². The molecule has 7 heteroatoms. The van der Waals surface area contributed by atoms with Crippen molar-refractivity contribution in [3.05, 3.63) is 29.8 Å². The first-order valence-electron chi connectivity index (χ1n) is 11.3. The fourth-order valence-electron chi connectivity index (χ4n) is 4.48. The molecule has 7 nitrogen and oxygen atoms in total. The second kappa shape index (κ2) is 9.81.